The van der Waals surface area contributed by atoms with Gasteiger partial charge in [-0.2, -0.15) is 0 Å². The molecule has 4 nitrogen and oxygen atoms in total. The van der Waals surface area contributed by atoms with E-state index in [-0.39, 0.29) is 12.1 Å². The molecule has 0 atom stereocenters. The van der Waals surface area contributed by atoms with Crippen LogP contribution in [0.15, 0.2) is 30.3 Å². The van der Waals surface area contributed by atoms with Crippen molar-refractivity contribution < 1.29 is 14.3 Å². The highest BCUT2D eigenvalue weighted by Crippen LogP contribution is 2.23. The van der Waals surface area contributed by atoms with E-state index in [1.165, 1.54) is 7.11 Å². The van der Waals surface area contributed by atoms with Crippen LogP contribution in [0, 0.1) is 0 Å². The molecule has 1 aliphatic rings. The molecule has 1 saturated carbocycles. The summed E-state index contributed by atoms with van der Waals surface area (Å²) in [4.78, 5) is 24.9. The van der Waals surface area contributed by atoms with Gasteiger partial charge in [0.1, 0.15) is 5.78 Å². The number of hydrogen-bond acceptors (Lipinski definition) is 3. The Kier molecular flexibility index (Phi) is 4.55. The van der Waals surface area contributed by atoms with Crippen molar-refractivity contribution >= 4 is 11.9 Å². The molecule has 102 valence electrons. The largest absolute Gasteiger partial charge is 0.453 e. The van der Waals surface area contributed by atoms with Crippen LogP contribution in [0.5, 0.6) is 0 Å². The van der Waals surface area contributed by atoms with Gasteiger partial charge >= 0.3 is 6.09 Å². The molecule has 0 bridgehead atoms. The summed E-state index contributed by atoms with van der Waals surface area (Å²) in [6, 6.07) is 9.94. The molecule has 0 radical (unpaired) electrons. The summed E-state index contributed by atoms with van der Waals surface area (Å²) in [5.41, 5.74) is 1.07. The molecule has 0 saturated heterocycles. The molecule has 1 amide bonds. The third-order valence-electron chi connectivity index (χ3n) is 3.56. The van der Waals surface area contributed by atoms with E-state index in [0.29, 0.717) is 25.2 Å². The lowest BCUT2D eigenvalue weighted by molar-refractivity contribution is -0.121. The average molecular weight is 261 g/mol. The quantitative estimate of drug-likeness (QED) is 0.840. The minimum absolute atomic E-state index is 0.102. The van der Waals surface area contributed by atoms with E-state index in [0.717, 1.165) is 18.4 Å². The zero-order chi connectivity index (χ0) is 13.7. The van der Waals surface area contributed by atoms with E-state index in [4.69, 9.17) is 4.74 Å². The fourth-order valence-electron chi connectivity index (χ4n) is 2.48. The van der Waals surface area contributed by atoms with Gasteiger partial charge < -0.3 is 9.64 Å². The van der Waals surface area contributed by atoms with Crippen molar-refractivity contribution in [2.45, 2.75) is 38.3 Å². The fourth-order valence-corrected chi connectivity index (χ4v) is 2.48. The Labute approximate surface area is 113 Å². The lowest BCUT2D eigenvalue weighted by Gasteiger charge is -2.32. The molecule has 4 heteroatoms. The third kappa shape index (κ3) is 3.56. The third-order valence-corrected chi connectivity index (χ3v) is 3.56. The van der Waals surface area contributed by atoms with Crippen molar-refractivity contribution in [2.75, 3.05) is 7.11 Å². The molecule has 1 aromatic carbocycles. The monoisotopic (exact) mass is 261 g/mol. The molecule has 0 heterocycles. The van der Waals surface area contributed by atoms with Gasteiger partial charge in [0.05, 0.1) is 7.11 Å². The summed E-state index contributed by atoms with van der Waals surface area (Å²) in [6.07, 6.45) is 2.28. The number of carbonyl (C=O) groups is 2. The number of hydrogen-bond donors (Lipinski definition) is 0. The van der Waals surface area contributed by atoms with Gasteiger partial charge in [-0.15, -0.1) is 0 Å². The normalized spacial score (nSPS) is 16.2. The van der Waals surface area contributed by atoms with Gasteiger partial charge in [-0.1, -0.05) is 30.3 Å². The van der Waals surface area contributed by atoms with Gasteiger partial charge in [0.15, 0.2) is 0 Å². The van der Waals surface area contributed by atoms with Crippen LogP contribution in [-0.2, 0) is 16.1 Å². The first-order valence-electron chi connectivity index (χ1n) is 6.61. The van der Waals surface area contributed by atoms with Crippen molar-refractivity contribution in [2.24, 2.45) is 0 Å². The number of amides is 1. The zero-order valence-corrected chi connectivity index (χ0v) is 11.2. The molecule has 0 aliphatic heterocycles. The van der Waals surface area contributed by atoms with Gasteiger partial charge in [-0.3, -0.25) is 4.79 Å². The molecule has 0 N–H and O–H groups in total. The Morgan fingerprint density at radius 2 is 1.89 bits per heavy atom. The second-order valence-corrected chi connectivity index (χ2v) is 4.85. The number of ether oxygens (including phenoxy) is 1. The molecular formula is C15H19NO3. The molecule has 19 heavy (non-hydrogen) atoms. The lowest BCUT2D eigenvalue weighted by atomic mass is 9.93. The van der Waals surface area contributed by atoms with Crippen LogP contribution < -0.4 is 0 Å². The van der Waals surface area contributed by atoms with Crippen LogP contribution in [0.3, 0.4) is 0 Å². The fraction of sp³-hybridized carbons (Fsp3) is 0.467. The smallest absolute Gasteiger partial charge is 0.410 e. The Morgan fingerprint density at radius 1 is 1.26 bits per heavy atom. The standard InChI is InChI=1S/C15H19NO3/c1-19-15(18)16(11-12-5-3-2-4-6-12)13-7-9-14(17)10-8-13/h2-6,13H,7-11H2,1H3. The Morgan fingerprint density at radius 3 is 2.47 bits per heavy atom. The minimum Gasteiger partial charge on any atom is -0.453 e. The van der Waals surface area contributed by atoms with Gasteiger partial charge in [0.2, 0.25) is 0 Å². The van der Waals surface area contributed by atoms with Gasteiger partial charge in [0, 0.05) is 25.4 Å². The van der Waals surface area contributed by atoms with Gasteiger partial charge in [-0.05, 0) is 18.4 Å². The SMILES string of the molecule is COC(=O)N(Cc1ccccc1)C1CCC(=O)CC1. The van der Waals surface area contributed by atoms with Crippen molar-refractivity contribution in [3.63, 3.8) is 0 Å². The van der Waals surface area contributed by atoms with E-state index < -0.39 is 0 Å². The summed E-state index contributed by atoms with van der Waals surface area (Å²) >= 11 is 0. The highest BCUT2D eigenvalue weighted by Gasteiger charge is 2.28. The molecule has 1 aromatic rings. The first-order chi connectivity index (χ1) is 9.20. The summed E-state index contributed by atoms with van der Waals surface area (Å²) in [6.45, 7) is 0.534. The van der Waals surface area contributed by atoms with E-state index in [2.05, 4.69) is 0 Å². The topological polar surface area (TPSA) is 46.6 Å². The minimum atomic E-state index is -0.316. The highest BCUT2D eigenvalue weighted by atomic mass is 16.5. The maximum absolute atomic E-state index is 11.9. The molecule has 1 aliphatic carbocycles. The first-order valence-corrected chi connectivity index (χ1v) is 6.61. The predicted molar refractivity (Wildman–Crippen MR) is 71.7 cm³/mol. The summed E-state index contributed by atoms with van der Waals surface area (Å²) in [7, 11) is 1.40. The predicted octanol–water partition coefficient (Wildman–Crippen LogP) is 2.77. The number of rotatable bonds is 3. The molecule has 0 aromatic heterocycles. The van der Waals surface area contributed by atoms with E-state index >= 15 is 0 Å². The van der Waals surface area contributed by atoms with Gasteiger partial charge in [-0.25, -0.2) is 4.79 Å². The van der Waals surface area contributed by atoms with Crippen LogP contribution in [0.1, 0.15) is 31.2 Å². The molecular weight excluding hydrogens is 242 g/mol. The van der Waals surface area contributed by atoms with E-state index in [1.807, 2.05) is 30.3 Å². The lowest BCUT2D eigenvalue weighted by Crippen LogP contribution is -2.41. The number of carbonyl (C=O) groups excluding carboxylic acids is 2. The molecule has 0 spiro atoms. The number of ketones is 1. The first kappa shape index (κ1) is 13.6. The molecule has 0 unspecified atom stereocenters. The van der Waals surface area contributed by atoms with Crippen LogP contribution in [0.25, 0.3) is 0 Å². The summed E-state index contributed by atoms with van der Waals surface area (Å²) in [5, 5.41) is 0. The maximum Gasteiger partial charge on any atom is 0.410 e. The number of methoxy groups -OCH3 is 1. The van der Waals surface area contributed by atoms with Crippen LogP contribution >= 0.6 is 0 Å². The highest BCUT2D eigenvalue weighted by molar-refractivity contribution is 5.79. The number of Topliss-reactive ketones (excluding diaryl/α,β-unsaturated/α-hetero) is 1. The Hall–Kier alpha value is -1.84. The average Bonchev–Trinajstić information content (AvgIpc) is 2.46. The van der Waals surface area contributed by atoms with Crippen molar-refractivity contribution in [1.29, 1.82) is 0 Å². The number of nitrogens with zero attached hydrogens (tertiary/aromatic N) is 1. The maximum atomic E-state index is 11.9. The van der Waals surface area contributed by atoms with Crippen LogP contribution in [0.4, 0.5) is 4.79 Å². The van der Waals surface area contributed by atoms with E-state index in [1.54, 1.807) is 4.90 Å². The molecule has 2 rings (SSSR count). The number of benzene rings is 1. The van der Waals surface area contributed by atoms with E-state index in [9.17, 15) is 9.59 Å². The Bertz CT molecular complexity index is 434. The van der Waals surface area contributed by atoms with Crippen LogP contribution in [-0.4, -0.2) is 29.9 Å². The zero-order valence-electron chi connectivity index (χ0n) is 11.2. The summed E-state index contributed by atoms with van der Waals surface area (Å²) in [5.74, 6) is 0.292. The van der Waals surface area contributed by atoms with Gasteiger partial charge in [0.25, 0.3) is 0 Å². The Balaban J connectivity index is 2.08. The summed E-state index contributed by atoms with van der Waals surface area (Å²) < 4.78 is 4.87. The second kappa shape index (κ2) is 6.36. The second-order valence-electron chi connectivity index (χ2n) is 4.85. The van der Waals surface area contributed by atoms with Crippen LogP contribution in [0.2, 0.25) is 0 Å². The molecule has 1 fully saturated rings. The van der Waals surface area contributed by atoms with Crippen molar-refractivity contribution in [3.8, 4) is 0 Å². The van der Waals surface area contributed by atoms with Crippen molar-refractivity contribution in [1.82, 2.24) is 4.90 Å². The van der Waals surface area contributed by atoms with Crippen molar-refractivity contribution in [3.05, 3.63) is 35.9 Å².